The molecule has 0 atom stereocenters. The summed E-state index contributed by atoms with van der Waals surface area (Å²) in [6.45, 7) is 0. The maximum absolute atomic E-state index is 11.8. The number of Topliss-reactive ketones (excluding diaryl/α,β-unsaturated/α-hetero) is 2. The minimum absolute atomic E-state index is 0. The minimum atomic E-state index is -0.139. The standard InChI is InChI=1S/C15H12O2.Ce/c16-14(12-7-3-1-4-8-12)11-15(17)13-9-5-2-6-10-13;/h1-10H,11H2;/q;+4. The Hall–Kier alpha value is -0.843. The number of carbonyl (C=O) groups excluding carboxylic acids is 2. The van der Waals surface area contributed by atoms with Gasteiger partial charge in [-0.15, -0.1) is 0 Å². The van der Waals surface area contributed by atoms with Crippen molar-refractivity contribution in [1.82, 2.24) is 0 Å². The first-order valence-corrected chi connectivity index (χ1v) is 5.44. The SMILES string of the molecule is O=C(CC(=O)c1ccccc1)c1ccccc1.[Ce+4]. The zero-order valence-corrected chi connectivity index (χ0v) is 12.9. The first-order chi connectivity index (χ1) is 8.27. The molecule has 0 bridgehead atoms. The van der Waals surface area contributed by atoms with Crippen LogP contribution in [0.5, 0.6) is 0 Å². The third-order valence-corrected chi connectivity index (χ3v) is 2.51. The Morgan fingerprint density at radius 3 is 1.33 bits per heavy atom. The topological polar surface area (TPSA) is 34.1 Å². The van der Waals surface area contributed by atoms with E-state index in [1.165, 1.54) is 0 Å². The number of carbonyl (C=O) groups is 2. The van der Waals surface area contributed by atoms with Gasteiger partial charge >= 0.3 is 41.7 Å². The predicted molar refractivity (Wildman–Crippen MR) is 66.2 cm³/mol. The molecule has 0 heterocycles. The quantitative estimate of drug-likeness (QED) is 0.617. The third-order valence-electron chi connectivity index (χ3n) is 2.51. The average Bonchev–Trinajstić information content (AvgIpc) is 2.40. The maximum Gasteiger partial charge on any atom is 4.00 e. The van der Waals surface area contributed by atoms with E-state index in [2.05, 4.69) is 0 Å². The number of ketones is 2. The number of benzene rings is 2. The van der Waals surface area contributed by atoms with Crippen LogP contribution < -0.4 is 0 Å². The largest absolute Gasteiger partial charge is 4.00 e. The molecule has 0 aliphatic carbocycles. The Morgan fingerprint density at radius 2 is 1.00 bits per heavy atom. The van der Waals surface area contributed by atoms with Gasteiger partial charge in [0.05, 0.1) is 6.42 Å². The van der Waals surface area contributed by atoms with E-state index < -0.39 is 0 Å². The van der Waals surface area contributed by atoms with E-state index in [1.807, 2.05) is 12.1 Å². The van der Waals surface area contributed by atoms with E-state index in [1.54, 1.807) is 48.5 Å². The van der Waals surface area contributed by atoms with Crippen molar-refractivity contribution in [3.8, 4) is 0 Å². The van der Waals surface area contributed by atoms with Gasteiger partial charge in [-0.25, -0.2) is 0 Å². The fourth-order valence-electron chi connectivity index (χ4n) is 1.60. The average molecular weight is 364 g/mol. The summed E-state index contributed by atoms with van der Waals surface area (Å²) >= 11 is 0. The molecular formula is C15H12CeO2+4. The van der Waals surface area contributed by atoms with E-state index >= 15 is 0 Å². The van der Waals surface area contributed by atoms with Crippen molar-refractivity contribution < 1.29 is 51.3 Å². The van der Waals surface area contributed by atoms with E-state index in [-0.39, 0.29) is 59.7 Å². The summed E-state index contributed by atoms with van der Waals surface area (Å²) in [4.78, 5) is 23.6. The predicted octanol–water partition coefficient (Wildman–Crippen LogP) is 3.14. The van der Waals surface area contributed by atoms with Crippen LogP contribution in [-0.2, 0) is 0 Å². The minimum Gasteiger partial charge on any atom is -0.294 e. The van der Waals surface area contributed by atoms with Crippen LogP contribution in [0.1, 0.15) is 27.1 Å². The molecule has 0 aliphatic heterocycles. The van der Waals surface area contributed by atoms with Crippen LogP contribution in [0.2, 0.25) is 0 Å². The molecule has 0 aromatic heterocycles. The summed E-state index contributed by atoms with van der Waals surface area (Å²) in [6, 6.07) is 17.7. The van der Waals surface area contributed by atoms with Crippen molar-refractivity contribution in [2.75, 3.05) is 0 Å². The Kier molecular flexibility index (Phi) is 6.39. The molecule has 2 nitrogen and oxygen atoms in total. The van der Waals surface area contributed by atoms with Crippen molar-refractivity contribution >= 4 is 11.6 Å². The van der Waals surface area contributed by atoms with Gasteiger partial charge < -0.3 is 0 Å². The summed E-state index contributed by atoms with van der Waals surface area (Å²) in [5, 5.41) is 0. The van der Waals surface area contributed by atoms with Gasteiger partial charge in [0.1, 0.15) is 0 Å². The fraction of sp³-hybridized carbons (Fsp3) is 0.0667. The van der Waals surface area contributed by atoms with Crippen LogP contribution in [0.15, 0.2) is 60.7 Å². The molecule has 0 N–H and O–H groups in total. The fourth-order valence-corrected chi connectivity index (χ4v) is 1.60. The van der Waals surface area contributed by atoms with Gasteiger partial charge in [-0.05, 0) is 0 Å². The van der Waals surface area contributed by atoms with Gasteiger partial charge in [-0.2, -0.15) is 0 Å². The number of hydrogen-bond acceptors (Lipinski definition) is 2. The summed E-state index contributed by atoms with van der Waals surface area (Å²) in [5.41, 5.74) is 1.16. The third kappa shape index (κ3) is 4.12. The molecule has 0 saturated heterocycles. The van der Waals surface area contributed by atoms with Crippen LogP contribution in [0.3, 0.4) is 0 Å². The summed E-state index contributed by atoms with van der Waals surface area (Å²) in [5.74, 6) is -0.279. The second-order valence-electron chi connectivity index (χ2n) is 3.76. The smallest absolute Gasteiger partial charge is 0.294 e. The molecule has 2 aromatic carbocycles. The molecule has 3 heteroatoms. The molecular weight excluding hydrogens is 352 g/mol. The second kappa shape index (κ2) is 7.56. The van der Waals surface area contributed by atoms with Crippen LogP contribution in [0, 0.1) is 41.7 Å². The van der Waals surface area contributed by atoms with E-state index in [9.17, 15) is 9.59 Å². The molecule has 18 heavy (non-hydrogen) atoms. The molecule has 0 fully saturated rings. The van der Waals surface area contributed by atoms with Crippen LogP contribution in [0.4, 0.5) is 0 Å². The van der Waals surface area contributed by atoms with Crippen molar-refractivity contribution in [2.45, 2.75) is 6.42 Å². The van der Waals surface area contributed by atoms with Gasteiger partial charge in [-0.1, -0.05) is 60.7 Å². The Labute approximate surface area is 140 Å². The van der Waals surface area contributed by atoms with Gasteiger partial charge in [-0.3, -0.25) is 9.59 Å². The molecule has 2 rings (SSSR count). The van der Waals surface area contributed by atoms with Gasteiger partial charge in [0.15, 0.2) is 11.6 Å². The number of rotatable bonds is 4. The summed E-state index contributed by atoms with van der Waals surface area (Å²) < 4.78 is 0. The molecule has 2 aromatic rings. The molecule has 0 radical (unpaired) electrons. The Bertz CT molecular complexity index is 471. The zero-order valence-electron chi connectivity index (χ0n) is 9.80. The van der Waals surface area contributed by atoms with Crippen LogP contribution in [-0.4, -0.2) is 11.6 Å². The first-order valence-electron chi connectivity index (χ1n) is 5.44. The first kappa shape index (κ1) is 15.2. The van der Waals surface area contributed by atoms with Crippen molar-refractivity contribution in [2.24, 2.45) is 0 Å². The van der Waals surface area contributed by atoms with Gasteiger partial charge in [0, 0.05) is 11.1 Å². The Morgan fingerprint density at radius 1 is 0.667 bits per heavy atom. The van der Waals surface area contributed by atoms with Crippen LogP contribution >= 0.6 is 0 Å². The summed E-state index contributed by atoms with van der Waals surface area (Å²) in [7, 11) is 0. The number of hydrogen-bond donors (Lipinski definition) is 0. The van der Waals surface area contributed by atoms with E-state index in [0.717, 1.165) is 0 Å². The van der Waals surface area contributed by atoms with Crippen LogP contribution in [0.25, 0.3) is 0 Å². The molecule has 0 spiro atoms. The van der Waals surface area contributed by atoms with Gasteiger partial charge in [0.25, 0.3) is 0 Å². The molecule has 0 aliphatic rings. The van der Waals surface area contributed by atoms with Gasteiger partial charge in [0.2, 0.25) is 0 Å². The molecule has 0 saturated carbocycles. The summed E-state index contributed by atoms with van der Waals surface area (Å²) in [6.07, 6.45) is -0.0754. The maximum atomic E-state index is 11.8. The van der Waals surface area contributed by atoms with E-state index in [4.69, 9.17) is 0 Å². The zero-order chi connectivity index (χ0) is 12.1. The van der Waals surface area contributed by atoms with E-state index in [0.29, 0.717) is 11.1 Å². The monoisotopic (exact) mass is 364 g/mol. The Balaban J connectivity index is 0.00000162. The second-order valence-corrected chi connectivity index (χ2v) is 3.76. The molecule has 84 valence electrons. The molecule has 0 amide bonds. The van der Waals surface area contributed by atoms with Crippen molar-refractivity contribution in [3.63, 3.8) is 0 Å². The van der Waals surface area contributed by atoms with Crippen molar-refractivity contribution in [3.05, 3.63) is 71.8 Å². The van der Waals surface area contributed by atoms with Crippen molar-refractivity contribution in [1.29, 1.82) is 0 Å². The molecule has 0 unspecified atom stereocenters. The normalized spacial score (nSPS) is 9.33.